The summed E-state index contributed by atoms with van der Waals surface area (Å²) in [6.07, 6.45) is 0. The number of anilines is 2. The smallest absolute Gasteiger partial charge is 0.269 e. The van der Waals surface area contributed by atoms with Gasteiger partial charge in [-0.05, 0) is 18.1 Å². The molecule has 128 valence electrons. The van der Waals surface area contributed by atoms with Crippen molar-refractivity contribution >= 4 is 45.5 Å². The molecule has 0 saturated heterocycles. The molecular formula is C14H17N5O3S2. The van der Waals surface area contributed by atoms with Gasteiger partial charge in [-0.2, -0.15) is 0 Å². The molecule has 2 aromatic rings. The van der Waals surface area contributed by atoms with Crippen LogP contribution in [-0.2, 0) is 4.79 Å². The van der Waals surface area contributed by atoms with Crippen LogP contribution >= 0.6 is 23.1 Å². The first-order valence-corrected chi connectivity index (χ1v) is 8.98. The molecule has 2 rings (SSSR count). The Morgan fingerprint density at radius 3 is 2.67 bits per heavy atom. The Morgan fingerprint density at radius 1 is 1.33 bits per heavy atom. The fourth-order valence-electron chi connectivity index (χ4n) is 1.62. The molecule has 0 aliphatic heterocycles. The predicted octanol–water partition coefficient (Wildman–Crippen LogP) is 3.25. The standard InChI is InChI=1S/C14H17N5O3S2/c1-9(2)7-15-13-17-18-14(24-13)23-8-12(20)16-10-3-5-11(6-4-10)19(21)22/h3-6,9H,7-8H2,1-2H3,(H,15,17)(H,16,20). The summed E-state index contributed by atoms with van der Waals surface area (Å²) >= 11 is 2.70. The summed E-state index contributed by atoms with van der Waals surface area (Å²) in [6, 6.07) is 5.69. The number of nitrogens with zero attached hydrogens (tertiary/aromatic N) is 3. The zero-order valence-corrected chi connectivity index (χ0v) is 14.8. The van der Waals surface area contributed by atoms with E-state index in [2.05, 4.69) is 34.7 Å². The van der Waals surface area contributed by atoms with Crippen molar-refractivity contribution in [3.8, 4) is 0 Å². The Balaban J connectivity index is 1.79. The van der Waals surface area contributed by atoms with E-state index in [0.29, 0.717) is 15.9 Å². The first-order valence-electron chi connectivity index (χ1n) is 7.18. The van der Waals surface area contributed by atoms with Crippen LogP contribution in [0.25, 0.3) is 0 Å². The molecule has 0 aliphatic rings. The normalized spacial score (nSPS) is 10.6. The van der Waals surface area contributed by atoms with Gasteiger partial charge in [-0.15, -0.1) is 10.2 Å². The second kappa shape index (κ2) is 8.60. The number of benzene rings is 1. The van der Waals surface area contributed by atoms with E-state index in [9.17, 15) is 14.9 Å². The lowest BCUT2D eigenvalue weighted by Crippen LogP contribution is -2.13. The number of carbonyl (C=O) groups excluding carboxylic acids is 1. The van der Waals surface area contributed by atoms with Crippen molar-refractivity contribution in [2.45, 2.75) is 18.2 Å². The molecule has 0 saturated carbocycles. The number of aromatic nitrogens is 2. The Hall–Kier alpha value is -2.20. The zero-order chi connectivity index (χ0) is 17.5. The SMILES string of the molecule is CC(C)CNc1nnc(SCC(=O)Nc2ccc([N+](=O)[O-])cc2)s1. The van der Waals surface area contributed by atoms with Crippen molar-refractivity contribution < 1.29 is 9.72 Å². The molecule has 2 N–H and O–H groups in total. The summed E-state index contributed by atoms with van der Waals surface area (Å²) in [5, 5.41) is 25.2. The highest BCUT2D eigenvalue weighted by Gasteiger charge is 2.10. The number of amides is 1. The third kappa shape index (κ3) is 5.78. The Morgan fingerprint density at radius 2 is 2.04 bits per heavy atom. The van der Waals surface area contributed by atoms with Crippen molar-refractivity contribution in [2.24, 2.45) is 5.92 Å². The number of nitro groups is 1. The third-order valence-electron chi connectivity index (χ3n) is 2.76. The fraction of sp³-hybridized carbons (Fsp3) is 0.357. The van der Waals surface area contributed by atoms with E-state index in [1.807, 2.05) is 0 Å². The minimum Gasteiger partial charge on any atom is -0.360 e. The van der Waals surface area contributed by atoms with Crippen LogP contribution in [0.4, 0.5) is 16.5 Å². The maximum Gasteiger partial charge on any atom is 0.269 e. The first kappa shape index (κ1) is 18.1. The van der Waals surface area contributed by atoms with E-state index in [1.54, 1.807) is 0 Å². The minimum absolute atomic E-state index is 0.0161. The van der Waals surface area contributed by atoms with E-state index in [-0.39, 0.29) is 17.3 Å². The second-order valence-electron chi connectivity index (χ2n) is 5.29. The monoisotopic (exact) mass is 367 g/mol. The summed E-state index contributed by atoms with van der Waals surface area (Å²) in [5.41, 5.74) is 0.500. The molecule has 1 heterocycles. The van der Waals surface area contributed by atoms with E-state index in [4.69, 9.17) is 0 Å². The average molecular weight is 367 g/mol. The lowest BCUT2D eigenvalue weighted by atomic mass is 10.2. The van der Waals surface area contributed by atoms with Crippen LogP contribution in [0.15, 0.2) is 28.6 Å². The molecule has 8 nitrogen and oxygen atoms in total. The maximum atomic E-state index is 11.9. The lowest BCUT2D eigenvalue weighted by molar-refractivity contribution is -0.384. The topological polar surface area (TPSA) is 110 Å². The van der Waals surface area contributed by atoms with Gasteiger partial charge in [0.2, 0.25) is 11.0 Å². The van der Waals surface area contributed by atoms with Crippen LogP contribution in [0.1, 0.15) is 13.8 Å². The predicted molar refractivity (Wildman–Crippen MR) is 95.7 cm³/mol. The molecule has 1 aromatic carbocycles. The Labute approximate surface area is 147 Å². The molecule has 0 unspecified atom stereocenters. The maximum absolute atomic E-state index is 11.9. The van der Waals surface area contributed by atoms with Crippen molar-refractivity contribution in [2.75, 3.05) is 22.9 Å². The van der Waals surface area contributed by atoms with Crippen LogP contribution in [0.2, 0.25) is 0 Å². The summed E-state index contributed by atoms with van der Waals surface area (Å²) in [6.45, 7) is 5.03. The van der Waals surface area contributed by atoms with Gasteiger partial charge in [0, 0.05) is 24.4 Å². The van der Waals surface area contributed by atoms with Crippen LogP contribution < -0.4 is 10.6 Å². The number of rotatable bonds is 8. The summed E-state index contributed by atoms with van der Waals surface area (Å²) in [4.78, 5) is 22.0. The van der Waals surface area contributed by atoms with Crippen LogP contribution in [0, 0.1) is 16.0 Å². The molecule has 0 radical (unpaired) electrons. The van der Waals surface area contributed by atoms with E-state index in [1.165, 1.54) is 47.4 Å². The lowest BCUT2D eigenvalue weighted by Gasteiger charge is -2.04. The molecule has 1 aromatic heterocycles. The van der Waals surface area contributed by atoms with Crippen molar-refractivity contribution in [1.29, 1.82) is 0 Å². The van der Waals surface area contributed by atoms with E-state index >= 15 is 0 Å². The highest BCUT2D eigenvalue weighted by molar-refractivity contribution is 8.01. The van der Waals surface area contributed by atoms with Gasteiger partial charge in [-0.1, -0.05) is 36.9 Å². The van der Waals surface area contributed by atoms with Gasteiger partial charge in [-0.25, -0.2) is 0 Å². The number of nitrogens with one attached hydrogen (secondary N) is 2. The molecule has 0 atom stereocenters. The average Bonchev–Trinajstić information content (AvgIpc) is 2.99. The number of non-ortho nitro benzene ring substituents is 1. The largest absolute Gasteiger partial charge is 0.360 e. The zero-order valence-electron chi connectivity index (χ0n) is 13.2. The van der Waals surface area contributed by atoms with Gasteiger partial charge >= 0.3 is 0 Å². The molecule has 0 spiro atoms. The Kier molecular flexibility index (Phi) is 6.50. The number of thioether (sulfide) groups is 1. The van der Waals surface area contributed by atoms with Gasteiger partial charge < -0.3 is 10.6 Å². The highest BCUT2D eigenvalue weighted by atomic mass is 32.2. The summed E-state index contributed by atoms with van der Waals surface area (Å²) in [5.74, 6) is 0.494. The van der Waals surface area contributed by atoms with E-state index in [0.717, 1.165) is 11.7 Å². The molecule has 24 heavy (non-hydrogen) atoms. The highest BCUT2D eigenvalue weighted by Crippen LogP contribution is 2.25. The second-order valence-corrected chi connectivity index (χ2v) is 7.49. The minimum atomic E-state index is -0.484. The van der Waals surface area contributed by atoms with Crippen molar-refractivity contribution in [1.82, 2.24) is 10.2 Å². The molecular weight excluding hydrogens is 350 g/mol. The van der Waals surface area contributed by atoms with Crippen molar-refractivity contribution in [3.05, 3.63) is 34.4 Å². The van der Waals surface area contributed by atoms with Crippen LogP contribution in [-0.4, -0.2) is 33.3 Å². The van der Waals surface area contributed by atoms with Gasteiger partial charge in [0.1, 0.15) is 0 Å². The molecule has 1 amide bonds. The fourth-order valence-corrected chi connectivity index (χ4v) is 3.18. The Bertz CT molecular complexity index is 703. The molecule has 10 heteroatoms. The summed E-state index contributed by atoms with van der Waals surface area (Å²) in [7, 11) is 0. The number of hydrogen-bond acceptors (Lipinski definition) is 8. The van der Waals surface area contributed by atoms with Crippen LogP contribution in [0.3, 0.4) is 0 Å². The number of carbonyl (C=O) groups is 1. The van der Waals surface area contributed by atoms with Gasteiger partial charge in [0.25, 0.3) is 5.69 Å². The molecule has 0 aliphatic carbocycles. The number of hydrogen-bond donors (Lipinski definition) is 2. The van der Waals surface area contributed by atoms with E-state index < -0.39 is 4.92 Å². The van der Waals surface area contributed by atoms with Gasteiger partial charge in [0.15, 0.2) is 4.34 Å². The van der Waals surface area contributed by atoms with Gasteiger partial charge in [0.05, 0.1) is 10.7 Å². The van der Waals surface area contributed by atoms with Gasteiger partial charge in [-0.3, -0.25) is 14.9 Å². The molecule has 0 fully saturated rings. The molecule has 0 bridgehead atoms. The van der Waals surface area contributed by atoms with Crippen molar-refractivity contribution in [3.63, 3.8) is 0 Å². The summed E-state index contributed by atoms with van der Waals surface area (Å²) < 4.78 is 0.708. The first-order chi connectivity index (χ1) is 11.4. The van der Waals surface area contributed by atoms with Crippen LogP contribution in [0.5, 0.6) is 0 Å². The number of nitro benzene ring substituents is 1. The third-order valence-corrected chi connectivity index (χ3v) is 4.77. The quantitative estimate of drug-likeness (QED) is 0.418.